The average Bonchev–Trinajstić information content (AvgIpc) is 3.58. The molecule has 0 unspecified atom stereocenters. The Kier molecular flexibility index (Phi) is 4.45. The van der Waals surface area contributed by atoms with Crippen molar-refractivity contribution in [1.29, 1.82) is 0 Å². The highest BCUT2D eigenvalue weighted by Gasteiger charge is 2.19. The van der Waals surface area contributed by atoms with Gasteiger partial charge < -0.3 is 13.7 Å². The predicted octanol–water partition coefficient (Wildman–Crippen LogP) is 10.8. The molecule has 0 aliphatic heterocycles. The SMILES string of the molecule is Clc1ccc2sc3oc4cc(N(c5ccccc5)c5ccc6oc7ccccc7c6c5)ccc4c3c2c1. The Balaban J connectivity index is 1.35. The summed E-state index contributed by atoms with van der Waals surface area (Å²) in [7, 11) is 0. The van der Waals surface area contributed by atoms with Gasteiger partial charge in [0.2, 0.25) is 0 Å². The van der Waals surface area contributed by atoms with Crippen molar-refractivity contribution in [3.63, 3.8) is 0 Å². The van der Waals surface area contributed by atoms with Gasteiger partial charge in [0.05, 0.1) is 0 Å². The third-order valence-corrected chi connectivity index (χ3v) is 8.23. The van der Waals surface area contributed by atoms with Gasteiger partial charge in [-0.3, -0.25) is 0 Å². The molecule has 0 fully saturated rings. The molecule has 176 valence electrons. The molecule has 3 heterocycles. The van der Waals surface area contributed by atoms with Gasteiger partial charge in [-0.1, -0.05) is 59.3 Å². The molecule has 0 bridgehead atoms. The summed E-state index contributed by atoms with van der Waals surface area (Å²) in [6.07, 6.45) is 0. The molecule has 0 spiro atoms. The first kappa shape index (κ1) is 20.9. The molecule has 3 aromatic heterocycles. The Labute approximate surface area is 220 Å². The van der Waals surface area contributed by atoms with Crippen LogP contribution in [0.25, 0.3) is 53.3 Å². The molecular formula is C32H18ClNO2S. The first-order valence-electron chi connectivity index (χ1n) is 12.0. The Morgan fingerprint density at radius 2 is 1.32 bits per heavy atom. The number of nitrogens with zero attached hydrogens (tertiary/aromatic N) is 1. The summed E-state index contributed by atoms with van der Waals surface area (Å²) in [6, 6.07) is 37.4. The summed E-state index contributed by atoms with van der Waals surface area (Å²) in [4.78, 5) is 3.17. The Bertz CT molecular complexity index is 2120. The minimum absolute atomic E-state index is 0.732. The molecule has 0 radical (unpaired) electrons. The number of halogens is 1. The van der Waals surface area contributed by atoms with Gasteiger partial charge in [0.1, 0.15) is 16.7 Å². The highest BCUT2D eigenvalue weighted by molar-refractivity contribution is 7.25. The van der Waals surface area contributed by atoms with Crippen LogP contribution < -0.4 is 4.90 Å². The number of benzene rings is 5. The quantitative estimate of drug-likeness (QED) is 0.234. The first-order chi connectivity index (χ1) is 18.2. The van der Waals surface area contributed by atoms with Gasteiger partial charge in [0, 0.05) is 59.8 Å². The maximum Gasteiger partial charge on any atom is 0.190 e. The summed E-state index contributed by atoms with van der Waals surface area (Å²) >= 11 is 7.98. The molecule has 37 heavy (non-hydrogen) atoms. The summed E-state index contributed by atoms with van der Waals surface area (Å²) in [5, 5.41) is 6.29. The third kappa shape index (κ3) is 3.20. The van der Waals surface area contributed by atoms with E-state index in [0.717, 1.165) is 70.7 Å². The van der Waals surface area contributed by atoms with Crippen molar-refractivity contribution in [2.24, 2.45) is 0 Å². The number of hydrogen-bond donors (Lipinski definition) is 0. The second-order valence-electron chi connectivity index (χ2n) is 9.14. The molecule has 5 heteroatoms. The number of hydrogen-bond acceptors (Lipinski definition) is 4. The molecule has 8 rings (SSSR count). The highest BCUT2D eigenvalue weighted by atomic mass is 35.5. The van der Waals surface area contributed by atoms with Crippen LogP contribution in [0.15, 0.2) is 118 Å². The largest absolute Gasteiger partial charge is 0.456 e. The van der Waals surface area contributed by atoms with Crippen LogP contribution >= 0.6 is 22.9 Å². The lowest BCUT2D eigenvalue weighted by Gasteiger charge is -2.25. The van der Waals surface area contributed by atoms with E-state index in [9.17, 15) is 0 Å². The van der Waals surface area contributed by atoms with Crippen molar-refractivity contribution in [2.45, 2.75) is 0 Å². The van der Waals surface area contributed by atoms with Gasteiger partial charge in [-0.2, -0.15) is 0 Å². The maximum absolute atomic E-state index is 6.39. The zero-order valence-electron chi connectivity index (χ0n) is 19.4. The van der Waals surface area contributed by atoms with Crippen molar-refractivity contribution in [3.05, 3.63) is 114 Å². The fourth-order valence-corrected chi connectivity index (χ4v) is 6.53. The monoisotopic (exact) mass is 515 g/mol. The second kappa shape index (κ2) is 7.87. The van der Waals surface area contributed by atoms with Crippen LogP contribution in [0.4, 0.5) is 17.1 Å². The minimum atomic E-state index is 0.732. The van der Waals surface area contributed by atoms with E-state index in [1.165, 1.54) is 4.70 Å². The van der Waals surface area contributed by atoms with E-state index in [-0.39, 0.29) is 0 Å². The normalized spacial score (nSPS) is 11.9. The summed E-state index contributed by atoms with van der Waals surface area (Å²) in [6.45, 7) is 0. The Morgan fingerprint density at radius 1 is 0.541 bits per heavy atom. The molecule has 3 nitrogen and oxygen atoms in total. The zero-order chi connectivity index (χ0) is 24.5. The second-order valence-corrected chi connectivity index (χ2v) is 10.6. The first-order valence-corrected chi connectivity index (χ1v) is 13.2. The Hall–Kier alpha value is -4.25. The molecule has 0 saturated heterocycles. The lowest BCUT2D eigenvalue weighted by atomic mass is 10.1. The molecule has 0 aliphatic carbocycles. The molecule has 0 N–H and O–H groups in total. The third-order valence-electron chi connectivity index (χ3n) is 6.95. The lowest BCUT2D eigenvalue weighted by Crippen LogP contribution is -2.09. The maximum atomic E-state index is 6.39. The van der Waals surface area contributed by atoms with Crippen molar-refractivity contribution in [2.75, 3.05) is 4.90 Å². The summed E-state index contributed by atoms with van der Waals surface area (Å²) < 4.78 is 13.6. The highest BCUT2D eigenvalue weighted by Crippen LogP contribution is 2.44. The van der Waals surface area contributed by atoms with Gasteiger partial charge in [0.25, 0.3) is 0 Å². The zero-order valence-corrected chi connectivity index (χ0v) is 21.0. The number of fused-ring (bicyclic) bond motifs is 8. The molecule has 5 aromatic carbocycles. The van der Waals surface area contributed by atoms with Crippen molar-refractivity contribution in [1.82, 2.24) is 0 Å². The lowest BCUT2D eigenvalue weighted by molar-refractivity contribution is 0.669. The van der Waals surface area contributed by atoms with Gasteiger partial charge in [-0.15, -0.1) is 0 Å². The van der Waals surface area contributed by atoms with Crippen LogP contribution in [0.3, 0.4) is 0 Å². The Morgan fingerprint density at radius 3 is 2.24 bits per heavy atom. The summed E-state index contributed by atoms with van der Waals surface area (Å²) in [5.41, 5.74) is 5.77. The van der Waals surface area contributed by atoms with E-state index in [2.05, 4.69) is 77.7 Å². The average molecular weight is 516 g/mol. The van der Waals surface area contributed by atoms with Gasteiger partial charge in [-0.05, 0) is 66.7 Å². The fraction of sp³-hybridized carbons (Fsp3) is 0. The van der Waals surface area contributed by atoms with Crippen LogP contribution in [0.1, 0.15) is 0 Å². The number of anilines is 3. The van der Waals surface area contributed by atoms with E-state index in [1.54, 1.807) is 11.3 Å². The van der Waals surface area contributed by atoms with Crippen LogP contribution in [0.5, 0.6) is 0 Å². The predicted molar refractivity (Wildman–Crippen MR) is 156 cm³/mol. The molecule has 8 aromatic rings. The van der Waals surface area contributed by atoms with Crippen LogP contribution in [0.2, 0.25) is 5.02 Å². The number of furan rings is 2. The van der Waals surface area contributed by atoms with Crippen LogP contribution in [-0.4, -0.2) is 0 Å². The van der Waals surface area contributed by atoms with E-state index < -0.39 is 0 Å². The van der Waals surface area contributed by atoms with Gasteiger partial charge >= 0.3 is 0 Å². The number of rotatable bonds is 3. The van der Waals surface area contributed by atoms with Gasteiger partial charge in [-0.25, -0.2) is 0 Å². The van der Waals surface area contributed by atoms with Crippen LogP contribution in [0, 0.1) is 0 Å². The van der Waals surface area contributed by atoms with E-state index >= 15 is 0 Å². The smallest absolute Gasteiger partial charge is 0.190 e. The molecule has 0 aliphatic rings. The van der Waals surface area contributed by atoms with E-state index in [1.807, 2.05) is 36.4 Å². The van der Waals surface area contributed by atoms with Crippen molar-refractivity contribution in [3.8, 4) is 0 Å². The van der Waals surface area contributed by atoms with Crippen molar-refractivity contribution < 1.29 is 8.83 Å². The van der Waals surface area contributed by atoms with E-state index in [4.69, 9.17) is 20.4 Å². The number of thiophene rings is 1. The minimum Gasteiger partial charge on any atom is -0.456 e. The standard InChI is InChI=1S/C32H18ClNO2S/c33-19-10-15-30-26(16-19)31-24-13-11-22(18-29(24)36-32(31)37-30)34(20-6-2-1-3-7-20)21-12-14-28-25(17-21)23-8-4-5-9-27(23)35-28/h1-18H. The fourth-order valence-electron chi connectivity index (χ4n) is 5.29. The molecular weight excluding hydrogens is 498 g/mol. The van der Waals surface area contributed by atoms with Crippen molar-refractivity contribution >= 4 is 93.3 Å². The molecule has 0 amide bonds. The molecule has 0 atom stereocenters. The van der Waals surface area contributed by atoms with Gasteiger partial charge in [0.15, 0.2) is 4.90 Å². The van der Waals surface area contributed by atoms with E-state index in [0.29, 0.717) is 0 Å². The van der Waals surface area contributed by atoms with Crippen LogP contribution in [-0.2, 0) is 0 Å². The topological polar surface area (TPSA) is 29.5 Å². The molecule has 0 saturated carbocycles. The number of para-hydroxylation sites is 2. The summed E-state index contributed by atoms with van der Waals surface area (Å²) in [5.74, 6) is 0.